The third-order valence-electron chi connectivity index (χ3n) is 4.22. The first-order valence-electron chi connectivity index (χ1n) is 8.51. The van der Waals surface area contributed by atoms with Gasteiger partial charge in [0.15, 0.2) is 0 Å². The van der Waals surface area contributed by atoms with Gasteiger partial charge in [-0.25, -0.2) is 4.79 Å². The van der Waals surface area contributed by atoms with Gasteiger partial charge in [-0.15, -0.1) is 0 Å². The molecule has 1 fully saturated rings. The highest BCUT2D eigenvalue weighted by atomic mass is 35.5. The third-order valence-corrected chi connectivity index (χ3v) is 4.55. The maximum atomic E-state index is 12.6. The highest BCUT2D eigenvalue weighted by molar-refractivity contribution is 6.34. The normalized spacial score (nSPS) is 18.2. The fourth-order valence-corrected chi connectivity index (χ4v) is 2.90. The summed E-state index contributed by atoms with van der Waals surface area (Å²) >= 11 is 6.09. The Morgan fingerprint density at radius 2 is 2.04 bits per heavy atom. The number of aliphatic carboxylic acids is 1. The zero-order valence-corrected chi connectivity index (χ0v) is 15.5. The van der Waals surface area contributed by atoms with E-state index in [1.165, 1.54) is 12.1 Å². The van der Waals surface area contributed by atoms with Crippen molar-refractivity contribution in [2.75, 3.05) is 18.5 Å². The van der Waals surface area contributed by atoms with Crippen molar-refractivity contribution >= 4 is 35.1 Å². The van der Waals surface area contributed by atoms with Crippen molar-refractivity contribution in [3.8, 4) is 0 Å². The number of ether oxygens (including phenoxy) is 1. The Kier molecular flexibility index (Phi) is 6.99. The zero-order chi connectivity index (χ0) is 19.3. The average molecular weight is 383 g/mol. The van der Waals surface area contributed by atoms with Crippen LogP contribution in [0.1, 0.15) is 37.0 Å². The zero-order valence-electron chi connectivity index (χ0n) is 14.8. The summed E-state index contributed by atoms with van der Waals surface area (Å²) in [5, 5.41) is 14.9. The topological polar surface area (TPSA) is 105 Å². The number of anilines is 1. The molecular weight excluding hydrogens is 360 g/mol. The maximum absolute atomic E-state index is 12.6. The number of carboxylic acid groups (broad SMARTS) is 1. The smallest absolute Gasteiger partial charge is 0.326 e. The van der Waals surface area contributed by atoms with Gasteiger partial charge in [0.05, 0.1) is 17.2 Å². The number of benzene rings is 1. The summed E-state index contributed by atoms with van der Waals surface area (Å²) in [6, 6.07) is 3.45. The molecule has 26 heavy (non-hydrogen) atoms. The molecule has 1 aromatic carbocycles. The molecule has 0 aromatic heterocycles. The molecule has 0 aliphatic carbocycles. The van der Waals surface area contributed by atoms with Crippen LogP contribution >= 0.6 is 11.6 Å². The maximum Gasteiger partial charge on any atom is 0.326 e. The van der Waals surface area contributed by atoms with Crippen LogP contribution in [0.15, 0.2) is 18.2 Å². The molecule has 3 N–H and O–H groups in total. The second-order valence-corrected chi connectivity index (χ2v) is 7.01. The highest BCUT2D eigenvalue weighted by Gasteiger charge is 2.32. The minimum absolute atomic E-state index is 0.108. The number of carbonyl (C=O) groups excluding carboxylic acids is 2. The van der Waals surface area contributed by atoms with Crippen LogP contribution in [0.4, 0.5) is 5.69 Å². The van der Waals surface area contributed by atoms with E-state index in [1.54, 1.807) is 19.9 Å². The first-order valence-corrected chi connectivity index (χ1v) is 8.89. The van der Waals surface area contributed by atoms with E-state index < -0.39 is 17.9 Å². The number of carboxylic acids is 1. The lowest BCUT2D eigenvalue weighted by Crippen LogP contribution is -2.48. The Balaban J connectivity index is 2.16. The lowest BCUT2D eigenvalue weighted by Gasteiger charge is -2.28. The number of nitrogens with one attached hydrogen (secondary N) is 2. The van der Waals surface area contributed by atoms with E-state index in [0.29, 0.717) is 18.7 Å². The van der Waals surface area contributed by atoms with Crippen LogP contribution in [0.2, 0.25) is 5.02 Å². The van der Waals surface area contributed by atoms with E-state index in [1.807, 2.05) is 0 Å². The molecular formula is C18H23ClN2O5. The summed E-state index contributed by atoms with van der Waals surface area (Å²) < 4.78 is 5.32. The van der Waals surface area contributed by atoms with E-state index in [9.17, 15) is 19.5 Å². The van der Waals surface area contributed by atoms with Gasteiger partial charge in [0.1, 0.15) is 6.04 Å². The van der Waals surface area contributed by atoms with Crippen LogP contribution in [0.25, 0.3) is 0 Å². The van der Waals surface area contributed by atoms with Crippen molar-refractivity contribution in [1.82, 2.24) is 5.32 Å². The summed E-state index contributed by atoms with van der Waals surface area (Å²) in [7, 11) is 0. The predicted octanol–water partition coefficient (Wildman–Crippen LogP) is 2.54. The summed E-state index contributed by atoms with van der Waals surface area (Å²) in [6.07, 6.45) is 1.41. The summed E-state index contributed by atoms with van der Waals surface area (Å²) in [4.78, 5) is 36.0. The fourth-order valence-electron chi connectivity index (χ4n) is 2.69. The number of hydrogen-bond acceptors (Lipinski definition) is 4. The largest absolute Gasteiger partial charge is 0.480 e. The Bertz CT molecular complexity index is 686. The molecule has 1 saturated heterocycles. The molecule has 8 heteroatoms. The van der Waals surface area contributed by atoms with E-state index in [0.717, 1.165) is 6.42 Å². The second-order valence-electron chi connectivity index (χ2n) is 6.61. The standard InChI is InChI=1S/C18H23ClN2O5/c1-10(2)16(22)20-12-5-6-14(19)13(8-12)17(23)21-15(18(24)25)11-4-3-7-26-9-11/h5-6,8,10-11,15H,3-4,7,9H2,1-2H3,(H,20,22)(H,21,23)(H,24,25). The van der Waals surface area contributed by atoms with Gasteiger partial charge in [0.2, 0.25) is 5.91 Å². The van der Waals surface area contributed by atoms with Gasteiger partial charge in [-0.05, 0) is 31.0 Å². The fraction of sp³-hybridized carbons (Fsp3) is 0.500. The van der Waals surface area contributed by atoms with Crippen molar-refractivity contribution in [3.05, 3.63) is 28.8 Å². The molecule has 2 atom stereocenters. The van der Waals surface area contributed by atoms with Crippen molar-refractivity contribution in [2.24, 2.45) is 11.8 Å². The molecule has 0 bridgehead atoms. The number of amides is 2. The molecule has 142 valence electrons. The second kappa shape index (κ2) is 9.00. The lowest BCUT2D eigenvalue weighted by atomic mass is 9.93. The number of hydrogen-bond donors (Lipinski definition) is 3. The predicted molar refractivity (Wildman–Crippen MR) is 97.4 cm³/mol. The van der Waals surface area contributed by atoms with E-state index in [-0.39, 0.29) is 34.9 Å². The monoisotopic (exact) mass is 382 g/mol. The van der Waals surface area contributed by atoms with Crippen LogP contribution in [-0.2, 0) is 14.3 Å². The van der Waals surface area contributed by atoms with Crippen LogP contribution in [0.3, 0.4) is 0 Å². The van der Waals surface area contributed by atoms with Crippen LogP contribution in [0, 0.1) is 11.8 Å². The molecule has 2 rings (SSSR count). The number of rotatable bonds is 6. The molecule has 0 spiro atoms. The minimum Gasteiger partial charge on any atom is -0.480 e. The Hall–Kier alpha value is -2.12. The summed E-state index contributed by atoms with van der Waals surface area (Å²) in [6.45, 7) is 4.39. The Morgan fingerprint density at radius 1 is 1.31 bits per heavy atom. The molecule has 7 nitrogen and oxygen atoms in total. The molecule has 1 aliphatic heterocycles. The van der Waals surface area contributed by atoms with Crippen LogP contribution in [0.5, 0.6) is 0 Å². The molecule has 1 aromatic rings. The molecule has 0 radical (unpaired) electrons. The van der Waals surface area contributed by atoms with Crippen LogP contribution < -0.4 is 10.6 Å². The SMILES string of the molecule is CC(C)C(=O)Nc1ccc(Cl)c(C(=O)NC(C(=O)O)C2CCCOC2)c1. The van der Waals surface area contributed by atoms with Crippen molar-refractivity contribution in [2.45, 2.75) is 32.7 Å². The molecule has 2 unspecified atom stereocenters. The van der Waals surface area contributed by atoms with Gasteiger partial charge >= 0.3 is 5.97 Å². The first-order chi connectivity index (χ1) is 12.3. The average Bonchev–Trinajstić information content (AvgIpc) is 2.61. The quantitative estimate of drug-likeness (QED) is 0.701. The third kappa shape index (κ3) is 5.19. The van der Waals surface area contributed by atoms with Gasteiger partial charge < -0.3 is 20.5 Å². The van der Waals surface area contributed by atoms with Gasteiger partial charge in [-0.3, -0.25) is 9.59 Å². The molecule has 1 heterocycles. The summed E-state index contributed by atoms with van der Waals surface area (Å²) in [5.74, 6) is -2.43. The van der Waals surface area contributed by atoms with E-state index >= 15 is 0 Å². The van der Waals surface area contributed by atoms with Crippen molar-refractivity contribution in [1.29, 1.82) is 0 Å². The Morgan fingerprint density at radius 3 is 2.62 bits per heavy atom. The number of halogens is 1. The summed E-state index contributed by atoms with van der Waals surface area (Å²) in [5.41, 5.74) is 0.530. The van der Waals surface area contributed by atoms with E-state index in [2.05, 4.69) is 10.6 Å². The van der Waals surface area contributed by atoms with E-state index in [4.69, 9.17) is 16.3 Å². The van der Waals surface area contributed by atoms with Crippen molar-refractivity contribution in [3.63, 3.8) is 0 Å². The highest BCUT2D eigenvalue weighted by Crippen LogP contribution is 2.23. The Labute approximate surface area is 157 Å². The minimum atomic E-state index is -1.12. The lowest BCUT2D eigenvalue weighted by molar-refractivity contribution is -0.142. The van der Waals surface area contributed by atoms with Gasteiger partial charge in [-0.1, -0.05) is 25.4 Å². The van der Waals surface area contributed by atoms with Gasteiger partial charge in [-0.2, -0.15) is 0 Å². The molecule has 1 aliphatic rings. The van der Waals surface area contributed by atoms with Crippen molar-refractivity contribution < 1.29 is 24.2 Å². The van der Waals surface area contributed by atoms with Gasteiger partial charge in [0, 0.05) is 24.1 Å². The molecule has 0 saturated carbocycles. The van der Waals surface area contributed by atoms with Crippen LogP contribution in [-0.4, -0.2) is 42.1 Å². The first kappa shape index (κ1) is 20.2. The number of carbonyl (C=O) groups is 3. The van der Waals surface area contributed by atoms with Gasteiger partial charge in [0.25, 0.3) is 5.91 Å². The molecule has 2 amide bonds.